The van der Waals surface area contributed by atoms with E-state index >= 15 is 0 Å². The number of carbonyl (C=O) groups excluding carboxylic acids is 2. The van der Waals surface area contributed by atoms with Crippen molar-refractivity contribution < 1.29 is 14.0 Å². The third-order valence-electron chi connectivity index (χ3n) is 5.63. The van der Waals surface area contributed by atoms with Crippen LogP contribution in [0.15, 0.2) is 12.4 Å². The van der Waals surface area contributed by atoms with Crippen LogP contribution in [0.4, 0.5) is 15.1 Å². The zero-order valence-electron chi connectivity index (χ0n) is 17.0. The zero-order chi connectivity index (χ0) is 20.3. The zero-order valence-corrected chi connectivity index (χ0v) is 17.0. The molecule has 3 heterocycles. The third-order valence-corrected chi connectivity index (χ3v) is 5.63. The molecule has 28 heavy (non-hydrogen) atoms. The molecule has 2 saturated heterocycles. The molecule has 2 fully saturated rings. The molecule has 0 radical (unpaired) electrons. The van der Waals surface area contributed by atoms with E-state index in [1.165, 1.54) is 4.90 Å². The number of nitrogens with zero attached hydrogens (tertiary/aromatic N) is 5. The van der Waals surface area contributed by atoms with Gasteiger partial charge in [-0.05, 0) is 25.2 Å². The Kier molecular flexibility index (Phi) is 6.15. The molecule has 0 atom stereocenters. The van der Waals surface area contributed by atoms with Crippen LogP contribution in [0.2, 0.25) is 0 Å². The van der Waals surface area contributed by atoms with Crippen molar-refractivity contribution in [2.75, 3.05) is 31.1 Å². The third kappa shape index (κ3) is 3.82. The highest BCUT2D eigenvalue weighted by Crippen LogP contribution is 2.38. The van der Waals surface area contributed by atoms with Gasteiger partial charge in [-0.15, -0.1) is 0 Å². The molecule has 0 saturated carbocycles. The van der Waals surface area contributed by atoms with E-state index < -0.39 is 11.4 Å². The second-order valence-electron chi connectivity index (χ2n) is 8.17. The number of anilines is 1. The summed E-state index contributed by atoms with van der Waals surface area (Å²) < 4.78 is 13.1. The Labute approximate surface area is 165 Å². The predicted octanol–water partition coefficient (Wildman–Crippen LogP) is 3.07. The molecule has 8 heteroatoms. The number of imide groups is 1. The molecule has 0 bridgehead atoms. The lowest BCUT2D eigenvalue weighted by Crippen LogP contribution is -2.57. The number of hydrogen-bond donors (Lipinski definition) is 0. The van der Waals surface area contributed by atoms with Gasteiger partial charge in [0.25, 0.3) is 5.91 Å². The van der Waals surface area contributed by atoms with Crippen LogP contribution in [0.25, 0.3) is 0 Å². The highest BCUT2D eigenvalue weighted by Gasteiger charge is 2.57. The van der Waals surface area contributed by atoms with Crippen LogP contribution in [0.5, 0.6) is 0 Å². The minimum absolute atomic E-state index is 0.0612. The van der Waals surface area contributed by atoms with Crippen LogP contribution < -0.4 is 4.90 Å². The molecule has 1 aromatic rings. The Morgan fingerprint density at radius 2 is 1.79 bits per heavy atom. The number of amides is 3. The molecular weight excluding hydrogens is 361 g/mol. The quantitative estimate of drug-likeness (QED) is 0.528. The lowest BCUT2D eigenvalue weighted by atomic mass is 9.85. The molecule has 0 aromatic carbocycles. The Bertz CT molecular complexity index is 701. The molecule has 3 rings (SSSR count). The minimum atomic E-state index is -0.774. The average Bonchev–Trinajstić information content (AvgIpc) is 2.85. The van der Waals surface area contributed by atoms with Crippen LogP contribution in [-0.2, 0) is 4.79 Å². The normalized spacial score (nSPS) is 19.4. The number of carbonyl (C=O) groups is 2. The SMILES string of the molecule is CCCCCN1C(=O)N(CC(C)C)C2(CCN(c3ncc(F)cn3)CC2)C1=O. The summed E-state index contributed by atoms with van der Waals surface area (Å²) >= 11 is 0. The van der Waals surface area contributed by atoms with Crippen molar-refractivity contribution in [3.05, 3.63) is 18.2 Å². The van der Waals surface area contributed by atoms with Gasteiger partial charge in [0.1, 0.15) is 5.54 Å². The Morgan fingerprint density at radius 3 is 2.36 bits per heavy atom. The minimum Gasteiger partial charge on any atom is -0.341 e. The van der Waals surface area contributed by atoms with Gasteiger partial charge in [0, 0.05) is 26.2 Å². The summed E-state index contributed by atoms with van der Waals surface area (Å²) in [4.78, 5) is 39.7. The lowest BCUT2D eigenvalue weighted by Gasteiger charge is -2.42. The number of halogens is 1. The van der Waals surface area contributed by atoms with E-state index in [4.69, 9.17) is 0 Å². The topological polar surface area (TPSA) is 69.6 Å². The van der Waals surface area contributed by atoms with E-state index in [1.54, 1.807) is 4.90 Å². The summed E-state index contributed by atoms with van der Waals surface area (Å²) in [5.74, 6) is 0.208. The first kappa shape index (κ1) is 20.5. The van der Waals surface area contributed by atoms with Crippen molar-refractivity contribution in [2.24, 2.45) is 5.92 Å². The maximum atomic E-state index is 13.3. The molecule has 2 aliphatic rings. The van der Waals surface area contributed by atoms with E-state index in [0.717, 1.165) is 31.7 Å². The van der Waals surface area contributed by atoms with Crippen molar-refractivity contribution in [1.82, 2.24) is 19.8 Å². The van der Waals surface area contributed by atoms with Crippen molar-refractivity contribution in [3.63, 3.8) is 0 Å². The van der Waals surface area contributed by atoms with E-state index in [9.17, 15) is 14.0 Å². The fourth-order valence-corrected chi connectivity index (χ4v) is 4.15. The molecule has 3 amide bonds. The highest BCUT2D eigenvalue weighted by atomic mass is 19.1. The molecular formula is C20H30FN5O2. The molecule has 1 aromatic heterocycles. The van der Waals surface area contributed by atoms with Gasteiger partial charge in [-0.3, -0.25) is 9.69 Å². The van der Waals surface area contributed by atoms with E-state index in [-0.39, 0.29) is 17.9 Å². The molecule has 7 nitrogen and oxygen atoms in total. The van der Waals surface area contributed by atoms with Crippen molar-refractivity contribution in [2.45, 2.75) is 58.4 Å². The Morgan fingerprint density at radius 1 is 1.14 bits per heavy atom. The number of hydrogen-bond acceptors (Lipinski definition) is 5. The van der Waals surface area contributed by atoms with Gasteiger partial charge in [-0.2, -0.15) is 0 Å². The van der Waals surface area contributed by atoms with Crippen LogP contribution >= 0.6 is 0 Å². The molecule has 2 aliphatic heterocycles. The van der Waals surface area contributed by atoms with Gasteiger partial charge >= 0.3 is 6.03 Å². The highest BCUT2D eigenvalue weighted by molar-refractivity contribution is 6.07. The molecule has 0 aliphatic carbocycles. The monoisotopic (exact) mass is 391 g/mol. The smallest absolute Gasteiger partial charge is 0.327 e. The summed E-state index contributed by atoms with van der Waals surface area (Å²) in [7, 11) is 0. The number of unbranched alkanes of at least 4 members (excludes halogenated alkanes) is 2. The van der Waals surface area contributed by atoms with E-state index in [1.807, 2.05) is 4.90 Å². The van der Waals surface area contributed by atoms with Gasteiger partial charge in [0.2, 0.25) is 5.95 Å². The summed E-state index contributed by atoms with van der Waals surface area (Å²) in [5, 5.41) is 0. The van der Waals surface area contributed by atoms with Gasteiger partial charge in [0.15, 0.2) is 5.82 Å². The standard InChI is InChI=1S/C20H30FN5O2/c1-4-5-6-9-25-17(27)20(26(19(25)28)14-15(2)3)7-10-24(11-8-20)18-22-12-16(21)13-23-18/h12-13,15H,4-11,14H2,1-3H3. The second-order valence-corrected chi connectivity index (χ2v) is 8.17. The first-order valence-corrected chi connectivity index (χ1v) is 10.2. The molecule has 154 valence electrons. The maximum absolute atomic E-state index is 13.3. The van der Waals surface area contributed by atoms with Crippen LogP contribution in [0, 0.1) is 11.7 Å². The van der Waals surface area contributed by atoms with Crippen LogP contribution in [-0.4, -0.2) is 63.4 Å². The number of piperidine rings is 1. The average molecular weight is 391 g/mol. The van der Waals surface area contributed by atoms with Crippen LogP contribution in [0.3, 0.4) is 0 Å². The van der Waals surface area contributed by atoms with Gasteiger partial charge in [-0.25, -0.2) is 19.2 Å². The molecule has 0 N–H and O–H groups in total. The largest absolute Gasteiger partial charge is 0.341 e. The molecule has 0 unspecified atom stereocenters. The summed E-state index contributed by atoms with van der Waals surface area (Å²) in [5.41, 5.74) is -0.774. The van der Waals surface area contributed by atoms with Crippen molar-refractivity contribution in [3.8, 4) is 0 Å². The number of aromatic nitrogens is 2. The number of urea groups is 1. The number of rotatable bonds is 7. The summed E-state index contributed by atoms with van der Waals surface area (Å²) in [6, 6.07) is -0.152. The van der Waals surface area contributed by atoms with E-state index in [2.05, 4.69) is 30.7 Å². The maximum Gasteiger partial charge on any atom is 0.327 e. The van der Waals surface area contributed by atoms with Crippen molar-refractivity contribution in [1.29, 1.82) is 0 Å². The fourth-order valence-electron chi connectivity index (χ4n) is 4.15. The first-order valence-electron chi connectivity index (χ1n) is 10.2. The van der Waals surface area contributed by atoms with Crippen LogP contribution in [0.1, 0.15) is 52.9 Å². The molecule has 1 spiro atoms. The van der Waals surface area contributed by atoms with Gasteiger partial charge in [-0.1, -0.05) is 33.6 Å². The Balaban J connectivity index is 1.78. The van der Waals surface area contributed by atoms with Gasteiger partial charge in [0.05, 0.1) is 12.4 Å². The van der Waals surface area contributed by atoms with Crippen molar-refractivity contribution >= 4 is 17.9 Å². The Hall–Kier alpha value is -2.25. The summed E-state index contributed by atoms with van der Waals surface area (Å²) in [6.07, 6.45) is 6.27. The van der Waals surface area contributed by atoms with E-state index in [0.29, 0.717) is 45.0 Å². The van der Waals surface area contributed by atoms with Gasteiger partial charge < -0.3 is 9.80 Å². The first-order chi connectivity index (χ1) is 13.4. The fraction of sp³-hybridized carbons (Fsp3) is 0.700. The lowest BCUT2D eigenvalue weighted by molar-refractivity contribution is -0.134. The second kappa shape index (κ2) is 8.41. The summed E-state index contributed by atoms with van der Waals surface area (Å²) in [6.45, 7) is 8.41. The predicted molar refractivity (Wildman–Crippen MR) is 104 cm³/mol.